The largest absolute Gasteiger partial charge is 0.353 e. The van der Waals surface area contributed by atoms with Crippen molar-refractivity contribution < 1.29 is 4.79 Å². The maximum absolute atomic E-state index is 12.7. The van der Waals surface area contributed by atoms with Gasteiger partial charge in [0, 0.05) is 25.0 Å². The lowest BCUT2D eigenvalue weighted by Gasteiger charge is -2.31. The van der Waals surface area contributed by atoms with E-state index in [0.717, 1.165) is 49.4 Å². The second kappa shape index (κ2) is 8.74. The number of benzene rings is 2. The molecule has 1 aliphatic rings. The van der Waals surface area contributed by atoms with Crippen LogP contribution in [0.25, 0.3) is 10.2 Å². The number of para-hydroxylation sites is 1. The van der Waals surface area contributed by atoms with E-state index in [2.05, 4.69) is 59.6 Å². The molecule has 1 amide bonds. The third-order valence-corrected chi connectivity index (χ3v) is 6.61. The third kappa shape index (κ3) is 4.53. The SMILES string of the molecule is CC(CCc1ccccc1)NC(=O)C1CCN(c2nc3ccccc3s2)CC1. The van der Waals surface area contributed by atoms with E-state index in [-0.39, 0.29) is 17.9 Å². The molecule has 5 heteroatoms. The first-order valence-corrected chi connectivity index (χ1v) is 11.0. The molecule has 1 aromatic heterocycles. The molecule has 0 aliphatic carbocycles. The van der Waals surface area contributed by atoms with Crippen molar-refractivity contribution in [3.63, 3.8) is 0 Å². The van der Waals surface area contributed by atoms with Gasteiger partial charge in [0.2, 0.25) is 5.91 Å². The fraction of sp³-hybridized carbons (Fsp3) is 0.391. The number of amides is 1. The van der Waals surface area contributed by atoms with Crippen molar-refractivity contribution in [1.82, 2.24) is 10.3 Å². The molecule has 0 bridgehead atoms. The second-order valence-electron chi connectivity index (χ2n) is 7.66. The minimum Gasteiger partial charge on any atom is -0.353 e. The summed E-state index contributed by atoms with van der Waals surface area (Å²) in [7, 11) is 0. The molecule has 2 heterocycles. The third-order valence-electron chi connectivity index (χ3n) is 5.52. The normalized spacial score (nSPS) is 16.2. The fourth-order valence-corrected chi connectivity index (χ4v) is 4.81. The van der Waals surface area contributed by atoms with Crippen LogP contribution in [0.15, 0.2) is 54.6 Å². The number of thiazole rings is 1. The predicted octanol–water partition coefficient (Wildman–Crippen LogP) is 4.65. The van der Waals surface area contributed by atoms with Crippen molar-refractivity contribution in [2.24, 2.45) is 5.92 Å². The van der Waals surface area contributed by atoms with Gasteiger partial charge in [-0.05, 0) is 50.3 Å². The Bertz CT molecular complexity index is 883. The average Bonchev–Trinajstić information content (AvgIpc) is 3.17. The van der Waals surface area contributed by atoms with E-state index in [4.69, 9.17) is 4.98 Å². The topological polar surface area (TPSA) is 45.2 Å². The maximum Gasteiger partial charge on any atom is 0.223 e. The number of fused-ring (bicyclic) bond motifs is 1. The number of carbonyl (C=O) groups is 1. The molecule has 0 saturated carbocycles. The molecule has 28 heavy (non-hydrogen) atoms. The van der Waals surface area contributed by atoms with Crippen LogP contribution < -0.4 is 10.2 Å². The second-order valence-corrected chi connectivity index (χ2v) is 8.67. The maximum atomic E-state index is 12.7. The van der Waals surface area contributed by atoms with E-state index in [1.54, 1.807) is 11.3 Å². The number of hydrogen-bond donors (Lipinski definition) is 1. The number of aromatic nitrogens is 1. The zero-order valence-corrected chi connectivity index (χ0v) is 17.1. The lowest BCUT2D eigenvalue weighted by atomic mass is 9.95. The van der Waals surface area contributed by atoms with Gasteiger partial charge in [-0.1, -0.05) is 53.8 Å². The van der Waals surface area contributed by atoms with Crippen LogP contribution in [0.2, 0.25) is 0 Å². The van der Waals surface area contributed by atoms with E-state index in [1.807, 2.05) is 12.1 Å². The highest BCUT2D eigenvalue weighted by atomic mass is 32.1. The predicted molar refractivity (Wildman–Crippen MR) is 117 cm³/mol. The first-order valence-electron chi connectivity index (χ1n) is 10.1. The molecule has 1 saturated heterocycles. The lowest BCUT2D eigenvalue weighted by Crippen LogP contribution is -2.43. The zero-order chi connectivity index (χ0) is 19.3. The molecule has 1 aliphatic heterocycles. The number of piperidine rings is 1. The smallest absolute Gasteiger partial charge is 0.223 e. The van der Waals surface area contributed by atoms with Gasteiger partial charge >= 0.3 is 0 Å². The molecule has 1 N–H and O–H groups in total. The highest BCUT2D eigenvalue weighted by Gasteiger charge is 2.27. The van der Waals surface area contributed by atoms with Gasteiger partial charge in [0.25, 0.3) is 0 Å². The standard InChI is InChI=1S/C23H27N3OS/c1-17(11-12-18-7-3-2-4-8-18)24-22(27)19-13-15-26(16-14-19)23-25-20-9-5-6-10-21(20)28-23/h2-10,17,19H,11-16H2,1H3,(H,24,27). The molecule has 1 atom stereocenters. The van der Waals surface area contributed by atoms with E-state index in [1.165, 1.54) is 10.3 Å². The van der Waals surface area contributed by atoms with Crippen molar-refractivity contribution in [1.29, 1.82) is 0 Å². The Labute approximate surface area is 170 Å². The Kier molecular flexibility index (Phi) is 5.91. The zero-order valence-electron chi connectivity index (χ0n) is 16.3. The van der Waals surface area contributed by atoms with Gasteiger partial charge in [-0.25, -0.2) is 4.98 Å². The number of rotatable bonds is 6. The number of hydrogen-bond acceptors (Lipinski definition) is 4. The molecule has 4 rings (SSSR count). The molecule has 0 spiro atoms. The Morgan fingerprint density at radius 1 is 1.14 bits per heavy atom. The van der Waals surface area contributed by atoms with Crippen LogP contribution in [-0.2, 0) is 11.2 Å². The van der Waals surface area contributed by atoms with Gasteiger partial charge in [-0.3, -0.25) is 4.79 Å². The van der Waals surface area contributed by atoms with Crippen molar-refractivity contribution in [2.75, 3.05) is 18.0 Å². The van der Waals surface area contributed by atoms with Gasteiger partial charge in [-0.15, -0.1) is 0 Å². The van der Waals surface area contributed by atoms with E-state index >= 15 is 0 Å². The quantitative estimate of drug-likeness (QED) is 0.663. The molecule has 1 unspecified atom stereocenters. The number of carbonyl (C=O) groups excluding carboxylic acids is 1. The summed E-state index contributed by atoms with van der Waals surface area (Å²) in [6, 6.07) is 18.9. The number of aryl methyl sites for hydroxylation is 1. The molecule has 3 aromatic rings. The molecule has 4 nitrogen and oxygen atoms in total. The van der Waals surface area contributed by atoms with Crippen LogP contribution in [-0.4, -0.2) is 30.0 Å². The highest BCUT2D eigenvalue weighted by molar-refractivity contribution is 7.22. The first kappa shape index (κ1) is 18.9. The average molecular weight is 394 g/mol. The summed E-state index contributed by atoms with van der Waals surface area (Å²) in [5, 5.41) is 4.31. The van der Waals surface area contributed by atoms with Gasteiger partial charge in [-0.2, -0.15) is 0 Å². The molecular weight excluding hydrogens is 366 g/mol. The van der Waals surface area contributed by atoms with E-state index in [0.29, 0.717) is 0 Å². The van der Waals surface area contributed by atoms with E-state index < -0.39 is 0 Å². The molecule has 146 valence electrons. The van der Waals surface area contributed by atoms with Gasteiger partial charge in [0.15, 0.2) is 5.13 Å². The number of nitrogens with one attached hydrogen (secondary N) is 1. The van der Waals surface area contributed by atoms with E-state index in [9.17, 15) is 4.79 Å². The van der Waals surface area contributed by atoms with Crippen LogP contribution in [0.4, 0.5) is 5.13 Å². The minimum absolute atomic E-state index is 0.116. The Morgan fingerprint density at radius 2 is 1.86 bits per heavy atom. The van der Waals surface area contributed by atoms with Crippen molar-refractivity contribution in [3.8, 4) is 0 Å². The number of anilines is 1. The fourth-order valence-electron chi connectivity index (χ4n) is 3.79. The Balaban J connectivity index is 1.25. The summed E-state index contributed by atoms with van der Waals surface area (Å²) in [4.78, 5) is 19.7. The van der Waals surface area contributed by atoms with Crippen LogP contribution in [0, 0.1) is 5.92 Å². The van der Waals surface area contributed by atoms with Crippen LogP contribution >= 0.6 is 11.3 Å². The summed E-state index contributed by atoms with van der Waals surface area (Å²) in [6.07, 6.45) is 3.76. The summed E-state index contributed by atoms with van der Waals surface area (Å²) < 4.78 is 1.23. The molecule has 2 aromatic carbocycles. The summed E-state index contributed by atoms with van der Waals surface area (Å²) in [6.45, 7) is 3.91. The van der Waals surface area contributed by atoms with Gasteiger partial charge < -0.3 is 10.2 Å². The van der Waals surface area contributed by atoms with Crippen LogP contribution in [0.1, 0.15) is 31.7 Å². The number of nitrogens with zero attached hydrogens (tertiary/aromatic N) is 2. The van der Waals surface area contributed by atoms with Crippen LogP contribution in [0.3, 0.4) is 0 Å². The van der Waals surface area contributed by atoms with Gasteiger partial charge in [0.05, 0.1) is 10.2 Å². The molecule has 0 radical (unpaired) electrons. The van der Waals surface area contributed by atoms with Crippen molar-refractivity contribution >= 4 is 32.6 Å². The van der Waals surface area contributed by atoms with Gasteiger partial charge in [0.1, 0.15) is 0 Å². The minimum atomic E-state index is 0.116. The summed E-state index contributed by atoms with van der Waals surface area (Å²) in [5.74, 6) is 0.328. The first-order chi connectivity index (χ1) is 13.7. The highest BCUT2D eigenvalue weighted by Crippen LogP contribution is 2.31. The Morgan fingerprint density at radius 3 is 2.61 bits per heavy atom. The lowest BCUT2D eigenvalue weighted by molar-refractivity contribution is -0.126. The summed E-state index contributed by atoms with van der Waals surface area (Å²) >= 11 is 1.74. The monoisotopic (exact) mass is 393 g/mol. The van der Waals surface area contributed by atoms with Crippen LogP contribution in [0.5, 0.6) is 0 Å². The summed E-state index contributed by atoms with van der Waals surface area (Å²) in [5.41, 5.74) is 2.39. The molecule has 1 fully saturated rings. The van der Waals surface area contributed by atoms with Crippen molar-refractivity contribution in [2.45, 2.75) is 38.6 Å². The molecular formula is C23H27N3OS. The Hall–Kier alpha value is -2.40. The van der Waals surface area contributed by atoms with Crippen molar-refractivity contribution in [3.05, 3.63) is 60.2 Å².